The summed E-state index contributed by atoms with van der Waals surface area (Å²) in [5.41, 5.74) is 3.48. The lowest BCUT2D eigenvalue weighted by atomic mass is 9.91. The molecule has 1 aliphatic carbocycles. The van der Waals surface area contributed by atoms with Gasteiger partial charge in [0.1, 0.15) is 0 Å². The molecular formula is C19H33NS. The van der Waals surface area contributed by atoms with Crippen LogP contribution in [0.2, 0.25) is 0 Å². The van der Waals surface area contributed by atoms with Gasteiger partial charge in [-0.3, -0.25) is 0 Å². The highest BCUT2D eigenvalue weighted by Crippen LogP contribution is 2.38. The maximum atomic E-state index is 3.39. The van der Waals surface area contributed by atoms with Crippen molar-refractivity contribution in [3.05, 3.63) is 20.9 Å². The molecule has 1 aliphatic rings. The van der Waals surface area contributed by atoms with Gasteiger partial charge in [-0.05, 0) is 68.5 Å². The fourth-order valence-electron chi connectivity index (χ4n) is 3.57. The molecule has 0 fully saturated rings. The van der Waals surface area contributed by atoms with Crippen molar-refractivity contribution >= 4 is 11.3 Å². The third-order valence-corrected chi connectivity index (χ3v) is 6.47. The van der Waals surface area contributed by atoms with E-state index in [2.05, 4.69) is 44.5 Å². The summed E-state index contributed by atoms with van der Waals surface area (Å²) in [6, 6.07) is 0. The Bertz CT molecular complexity index is 435. The fourth-order valence-corrected chi connectivity index (χ4v) is 5.11. The molecule has 2 rings (SSSR count). The molecule has 0 saturated heterocycles. The van der Waals surface area contributed by atoms with E-state index in [0.717, 1.165) is 12.5 Å². The molecule has 2 atom stereocenters. The van der Waals surface area contributed by atoms with Gasteiger partial charge in [-0.25, -0.2) is 0 Å². The first-order valence-corrected chi connectivity index (χ1v) is 9.76. The molecule has 0 radical (unpaired) electrons. The summed E-state index contributed by atoms with van der Waals surface area (Å²) in [5.74, 6) is 1.53. The normalized spacial score (nSPS) is 18.1. The minimum Gasteiger partial charge on any atom is -0.319 e. The van der Waals surface area contributed by atoms with Crippen molar-refractivity contribution in [1.82, 2.24) is 5.32 Å². The molecule has 21 heavy (non-hydrogen) atoms. The van der Waals surface area contributed by atoms with Crippen LogP contribution < -0.4 is 5.32 Å². The Morgan fingerprint density at radius 2 is 1.90 bits per heavy atom. The summed E-state index contributed by atoms with van der Waals surface area (Å²) >= 11 is 2.15. The van der Waals surface area contributed by atoms with E-state index >= 15 is 0 Å². The van der Waals surface area contributed by atoms with Crippen molar-refractivity contribution in [3.63, 3.8) is 0 Å². The van der Waals surface area contributed by atoms with Gasteiger partial charge in [-0.1, -0.05) is 33.6 Å². The van der Waals surface area contributed by atoms with Crippen LogP contribution in [-0.2, 0) is 19.3 Å². The van der Waals surface area contributed by atoms with Gasteiger partial charge in [0.05, 0.1) is 0 Å². The summed E-state index contributed by atoms with van der Waals surface area (Å²) in [7, 11) is 2.08. The van der Waals surface area contributed by atoms with Gasteiger partial charge in [0.15, 0.2) is 0 Å². The van der Waals surface area contributed by atoms with E-state index < -0.39 is 0 Å². The zero-order valence-corrected chi connectivity index (χ0v) is 15.2. The fraction of sp³-hybridized carbons (Fsp3) is 0.789. The first-order valence-electron chi connectivity index (χ1n) is 8.95. The van der Waals surface area contributed by atoms with Gasteiger partial charge in [0, 0.05) is 16.3 Å². The number of fused-ring (bicyclic) bond motifs is 1. The highest BCUT2D eigenvalue weighted by molar-refractivity contribution is 7.12. The van der Waals surface area contributed by atoms with Crippen LogP contribution in [0.15, 0.2) is 0 Å². The predicted molar refractivity (Wildman–Crippen MR) is 95.7 cm³/mol. The summed E-state index contributed by atoms with van der Waals surface area (Å²) in [4.78, 5) is 3.44. The van der Waals surface area contributed by atoms with E-state index in [1.54, 1.807) is 20.9 Å². The second-order valence-corrected chi connectivity index (χ2v) is 8.10. The number of hydrogen-bond acceptors (Lipinski definition) is 2. The van der Waals surface area contributed by atoms with Crippen molar-refractivity contribution in [2.45, 2.75) is 78.1 Å². The highest BCUT2D eigenvalue weighted by atomic mass is 32.1. The molecule has 0 bridgehead atoms. The molecule has 2 unspecified atom stereocenters. The van der Waals surface area contributed by atoms with Crippen molar-refractivity contribution in [1.29, 1.82) is 0 Å². The third kappa shape index (κ3) is 4.32. The van der Waals surface area contributed by atoms with Crippen LogP contribution in [0.4, 0.5) is 0 Å². The van der Waals surface area contributed by atoms with Crippen molar-refractivity contribution in [3.8, 4) is 0 Å². The van der Waals surface area contributed by atoms with E-state index in [1.165, 1.54) is 51.4 Å². The van der Waals surface area contributed by atoms with E-state index in [4.69, 9.17) is 0 Å². The number of rotatable bonds is 7. The zero-order valence-electron chi connectivity index (χ0n) is 14.4. The van der Waals surface area contributed by atoms with Gasteiger partial charge in [-0.15, -0.1) is 11.3 Å². The van der Waals surface area contributed by atoms with Crippen molar-refractivity contribution in [2.75, 3.05) is 13.6 Å². The van der Waals surface area contributed by atoms with Crippen LogP contribution in [0.3, 0.4) is 0 Å². The maximum absolute atomic E-state index is 3.39. The minimum absolute atomic E-state index is 0.667. The van der Waals surface area contributed by atoms with Crippen molar-refractivity contribution < 1.29 is 0 Å². The van der Waals surface area contributed by atoms with E-state index in [9.17, 15) is 0 Å². The number of nitrogens with one attached hydrogen (secondary N) is 1. The maximum Gasteiger partial charge on any atom is 0.00863 e. The zero-order chi connectivity index (χ0) is 15.2. The molecule has 1 aromatic rings. The SMILES string of the molecule is CCC(C)CCc1sc2c(c1C(C)CNC)CCCCC2. The quantitative estimate of drug-likeness (QED) is 0.672. The van der Waals surface area contributed by atoms with E-state index in [-0.39, 0.29) is 0 Å². The van der Waals surface area contributed by atoms with E-state index in [0.29, 0.717) is 5.92 Å². The Labute approximate surface area is 135 Å². The summed E-state index contributed by atoms with van der Waals surface area (Å²) in [5, 5.41) is 3.39. The highest BCUT2D eigenvalue weighted by Gasteiger charge is 2.23. The standard InChI is InChI=1S/C19H33NS/c1-5-14(2)11-12-18-19(15(3)13-20-4)16-9-7-6-8-10-17(16)21-18/h14-15,20H,5-13H2,1-4H3. The van der Waals surface area contributed by atoms with Gasteiger partial charge in [-0.2, -0.15) is 0 Å². The summed E-state index contributed by atoms with van der Waals surface area (Å²) in [6.45, 7) is 8.24. The van der Waals surface area contributed by atoms with Gasteiger partial charge >= 0.3 is 0 Å². The average molecular weight is 308 g/mol. The van der Waals surface area contributed by atoms with Gasteiger partial charge in [0.2, 0.25) is 0 Å². The molecule has 1 nitrogen and oxygen atoms in total. The lowest BCUT2D eigenvalue weighted by Crippen LogP contribution is -2.16. The first kappa shape index (κ1) is 17.0. The van der Waals surface area contributed by atoms with Gasteiger partial charge in [0.25, 0.3) is 0 Å². The Balaban J connectivity index is 2.25. The molecule has 120 valence electrons. The molecule has 0 aliphatic heterocycles. The number of likely N-dealkylation sites (N-methyl/N-ethyl adjacent to an activating group) is 1. The Kier molecular flexibility index (Phi) is 6.75. The summed E-state index contributed by atoms with van der Waals surface area (Å²) < 4.78 is 0. The Hall–Kier alpha value is -0.340. The third-order valence-electron chi connectivity index (χ3n) is 5.10. The Morgan fingerprint density at radius 1 is 1.14 bits per heavy atom. The van der Waals surface area contributed by atoms with Crippen LogP contribution in [0.25, 0.3) is 0 Å². The van der Waals surface area contributed by atoms with Crippen molar-refractivity contribution in [2.24, 2.45) is 5.92 Å². The van der Waals surface area contributed by atoms with E-state index in [1.807, 2.05) is 0 Å². The number of hydrogen-bond donors (Lipinski definition) is 1. The monoisotopic (exact) mass is 307 g/mol. The lowest BCUT2D eigenvalue weighted by Gasteiger charge is -2.16. The minimum atomic E-state index is 0.667. The molecular weight excluding hydrogens is 274 g/mol. The Morgan fingerprint density at radius 3 is 2.62 bits per heavy atom. The smallest absolute Gasteiger partial charge is 0.00863 e. The second kappa shape index (κ2) is 8.33. The molecule has 0 aromatic carbocycles. The van der Waals surface area contributed by atoms with Gasteiger partial charge < -0.3 is 5.32 Å². The largest absolute Gasteiger partial charge is 0.319 e. The predicted octanol–water partition coefficient (Wildman–Crippen LogP) is 5.32. The lowest BCUT2D eigenvalue weighted by molar-refractivity contribution is 0.516. The summed E-state index contributed by atoms with van der Waals surface area (Å²) in [6.07, 6.45) is 10.9. The van der Waals surface area contributed by atoms with Crippen LogP contribution >= 0.6 is 11.3 Å². The first-order chi connectivity index (χ1) is 10.2. The molecule has 2 heteroatoms. The average Bonchev–Trinajstić information content (AvgIpc) is 2.66. The number of aryl methyl sites for hydroxylation is 2. The molecule has 1 heterocycles. The van der Waals surface area contributed by atoms with Crippen LogP contribution in [0, 0.1) is 5.92 Å². The molecule has 1 N–H and O–H groups in total. The van der Waals surface area contributed by atoms with Crippen LogP contribution in [0.5, 0.6) is 0 Å². The molecule has 0 spiro atoms. The second-order valence-electron chi connectivity index (χ2n) is 6.91. The number of thiophene rings is 1. The molecule has 0 amide bonds. The van der Waals surface area contributed by atoms with Crippen LogP contribution in [0.1, 0.15) is 79.7 Å². The molecule has 0 saturated carbocycles. The topological polar surface area (TPSA) is 12.0 Å². The van der Waals surface area contributed by atoms with Crippen LogP contribution in [-0.4, -0.2) is 13.6 Å². The molecule has 1 aromatic heterocycles.